The van der Waals surface area contributed by atoms with Crippen molar-refractivity contribution < 1.29 is 8.42 Å². The van der Waals surface area contributed by atoms with Gasteiger partial charge < -0.3 is 5.32 Å². The summed E-state index contributed by atoms with van der Waals surface area (Å²) < 4.78 is 26.2. The van der Waals surface area contributed by atoms with Crippen LogP contribution in [-0.4, -0.2) is 44.2 Å². The second-order valence-electron chi connectivity index (χ2n) is 5.33. The summed E-state index contributed by atoms with van der Waals surface area (Å²) in [5.74, 6) is 0.819. The molecule has 1 heterocycles. The van der Waals surface area contributed by atoms with Crippen LogP contribution in [0.1, 0.15) is 39.0 Å². The van der Waals surface area contributed by atoms with E-state index < -0.39 is 10.0 Å². The van der Waals surface area contributed by atoms with E-state index >= 15 is 0 Å². The van der Waals surface area contributed by atoms with Gasteiger partial charge in [0.05, 0.1) is 5.75 Å². The molecule has 0 aromatic carbocycles. The molecule has 4 nitrogen and oxygen atoms in total. The molecular weight excluding hydrogens is 236 g/mol. The van der Waals surface area contributed by atoms with Gasteiger partial charge in [0, 0.05) is 12.6 Å². The van der Waals surface area contributed by atoms with Gasteiger partial charge in [0.15, 0.2) is 0 Å². The zero-order chi connectivity index (χ0) is 12.3. The Morgan fingerprint density at radius 2 is 2.06 bits per heavy atom. The number of hydrogen-bond acceptors (Lipinski definition) is 3. The van der Waals surface area contributed by atoms with Crippen LogP contribution in [0.15, 0.2) is 0 Å². The lowest BCUT2D eigenvalue weighted by atomic mass is 10.00. The topological polar surface area (TPSA) is 49.4 Å². The van der Waals surface area contributed by atoms with Gasteiger partial charge in [0.1, 0.15) is 0 Å². The van der Waals surface area contributed by atoms with Gasteiger partial charge in [-0.05, 0) is 51.1 Å². The molecule has 1 N–H and O–H groups in total. The summed E-state index contributed by atoms with van der Waals surface area (Å²) in [7, 11) is -3.00. The largest absolute Gasteiger partial charge is 0.316 e. The number of nitrogens with zero attached hydrogens (tertiary/aromatic N) is 1. The number of nitrogens with one attached hydrogen (secondary N) is 1. The summed E-state index contributed by atoms with van der Waals surface area (Å²) >= 11 is 0. The summed E-state index contributed by atoms with van der Waals surface area (Å²) in [6.07, 6.45) is 5.18. The van der Waals surface area contributed by atoms with Gasteiger partial charge in [-0.15, -0.1) is 0 Å². The van der Waals surface area contributed by atoms with Crippen LogP contribution in [0, 0.1) is 5.92 Å². The molecule has 2 fully saturated rings. The van der Waals surface area contributed by atoms with Crippen LogP contribution in [0.5, 0.6) is 0 Å². The van der Waals surface area contributed by atoms with E-state index in [-0.39, 0.29) is 0 Å². The van der Waals surface area contributed by atoms with E-state index in [0.717, 1.165) is 38.9 Å². The lowest BCUT2D eigenvalue weighted by Crippen LogP contribution is -2.42. The van der Waals surface area contributed by atoms with Gasteiger partial charge >= 0.3 is 0 Å². The highest BCUT2D eigenvalue weighted by Gasteiger charge is 2.37. The molecule has 0 spiro atoms. The fourth-order valence-corrected chi connectivity index (χ4v) is 4.42. The van der Waals surface area contributed by atoms with Crippen LogP contribution < -0.4 is 5.32 Å². The first-order valence-corrected chi connectivity index (χ1v) is 8.44. The Balaban J connectivity index is 1.97. The third kappa shape index (κ3) is 3.66. The Morgan fingerprint density at radius 1 is 1.29 bits per heavy atom. The maximum absolute atomic E-state index is 12.2. The molecule has 17 heavy (non-hydrogen) atoms. The summed E-state index contributed by atoms with van der Waals surface area (Å²) in [6, 6.07) is 0.313. The minimum atomic E-state index is -3.00. The highest BCUT2D eigenvalue weighted by atomic mass is 32.2. The fraction of sp³-hybridized carbons (Fsp3) is 1.00. The Labute approximate surface area is 105 Å². The summed E-state index contributed by atoms with van der Waals surface area (Å²) in [4.78, 5) is 0. The molecule has 1 unspecified atom stereocenters. The summed E-state index contributed by atoms with van der Waals surface area (Å²) in [5.41, 5.74) is 0. The normalized spacial score (nSPS) is 26.4. The van der Waals surface area contributed by atoms with E-state index in [0.29, 0.717) is 24.1 Å². The van der Waals surface area contributed by atoms with Crippen molar-refractivity contribution in [1.82, 2.24) is 9.62 Å². The second-order valence-corrected chi connectivity index (χ2v) is 7.37. The van der Waals surface area contributed by atoms with Crippen LogP contribution in [-0.2, 0) is 10.0 Å². The number of piperidine rings is 1. The van der Waals surface area contributed by atoms with Crippen LogP contribution in [0.3, 0.4) is 0 Å². The van der Waals surface area contributed by atoms with Crippen molar-refractivity contribution in [2.75, 3.05) is 25.4 Å². The van der Waals surface area contributed by atoms with E-state index in [1.165, 1.54) is 6.42 Å². The minimum absolute atomic E-state index is 0.309. The van der Waals surface area contributed by atoms with Crippen molar-refractivity contribution in [2.24, 2.45) is 5.92 Å². The molecule has 1 aliphatic carbocycles. The molecule has 1 saturated heterocycles. The van der Waals surface area contributed by atoms with Crippen molar-refractivity contribution in [2.45, 2.75) is 45.1 Å². The molecule has 0 aromatic rings. The molecular formula is C12H24N2O2S. The van der Waals surface area contributed by atoms with Crippen LogP contribution >= 0.6 is 0 Å². The molecule has 1 atom stereocenters. The number of rotatable bonds is 6. The van der Waals surface area contributed by atoms with Gasteiger partial charge in [-0.25, -0.2) is 8.42 Å². The predicted molar refractivity (Wildman–Crippen MR) is 69.4 cm³/mol. The summed E-state index contributed by atoms with van der Waals surface area (Å²) in [5, 5.41) is 3.36. The first kappa shape index (κ1) is 13.3. The molecule has 0 amide bonds. The molecule has 1 saturated carbocycles. The van der Waals surface area contributed by atoms with Crippen molar-refractivity contribution in [3.63, 3.8) is 0 Å². The van der Waals surface area contributed by atoms with E-state index in [4.69, 9.17) is 0 Å². The Hall–Kier alpha value is -0.130. The predicted octanol–water partition coefficient (Wildman–Crippen LogP) is 1.19. The van der Waals surface area contributed by atoms with Crippen molar-refractivity contribution >= 4 is 10.0 Å². The lowest BCUT2D eigenvalue weighted by Gasteiger charge is -2.29. The maximum Gasteiger partial charge on any atom is 0.214 e. The van der Waals surface area contributed by atoms with Crippen molar-refractivity contribution in [1.29, 1.82) is 0 Å². The van der Waals surface area contributed by atoms with Crippen molar-refractivity contribution in [3.05, 3.63) is 0 Å². The Bertz CT molecular complexity index is 332. The molecule has 0 radical (unpaired) electrons. The van der Waals surface area contributed by atoms with Gasteiger partial charge in [-0.2, -0.15) is 4.31 Å². The quantitative estimate of drug-likeness (QED) is 0.780. The SMILES string of the molecule is CCCS(=O)(=O)N(CC1CCCNC1)C1CC1. The molecule has 100 valence electrons. The van der Waals surface area contributed by atoms with Gasteiger partial charge in [-0.1, -0.05) is 6.92 Å². The molecule has 1 aliphatic heterocycles. The molecule has 0 aromatic heterocycles. The molecule has 0 bridgehead atoms. The third-order valence-electron chi connectivity index (χ3n) is 3.61. The molecule has 2 rings (SSSR count). The highest BCUT2D eigenvalue weighted by molar-refractivity contribution is 7.89. The average molecular weight is 260 g/mol. The van der Waals surface area contributed by atoms with Gasteiger partial charge in [0.25, 0.3) is 0 Å². The maximum atomic E-state index is 12.2. The van der Waals surface area contributed by atoms with Crippen LogP contribution in [0.2, 0.25) is 0 Å². The monoisotopic (exact) mass is 260 g/mol. The van der Waals surface area contributed by atoms with E-state index in [9.17, 15) is 8.42 Å². The van der Waals surface area contributed by atoms with Crippen LogP contribution in [0.4, 0.5) is 0 Å². The standard InChI is InChI=1S/C12H24N2O2S/c1-2-8-17(15,16)14(12-5-6-12)10-11-4-3-7-13-9-11/h11-13H,2-10H2,1H3. The van der Waals surface area contributed by atoms with E-state index in [2.05, 4.69) is 5.32 Å². The van der Waals surface area contributed by atoms with E-state index in [1.54, 1.807) is 4.31 Å². The van der Waals surface area contributed by atoms with Crippen molar-refractivity contribution in [3.8, 4) is 0 Å². The Morgan fingerprint density at radius 3 is 2.59 bits per heavy atom. The summed E-state index contributed by atoms with van der Waals surface area (Å²) in [6.45, 7) is 4.73. The zero-order valence-corrected chi connectivity index (χ0v) is 11.5. The molecule has 2 aliphatic rings. The number of sulfonamides is 1. The third-order valence-corrected chi connectivity index (χ3v) is 5.70. The highest BCUT2D eigenvalue weighted by Crippen LogP contribution is 2.31. The van der Waals surface area contributed by atoms with Gasteiger partial charge in [0.2, 0.25) is 10.0 Å². The first-order chi connectivity index (χ1) is 8.13. The lowest BCUT2D eigenvalue weighted by molar-refractivity contribution is 0.286. The number of hydrogen-bond donors (Lipinski definition) is 1. The first-order valence-electron chi connectivity index (χ1n) is 6.83. The second kappa shape index (κ2) is 5.67. The minimum Gasteiger partial charge on any atom is -0.316 e. The molecule has 5 heteroatoms. The fourth-order valence-electron chi connectivity index (χ4n) is 2.56. The van der Waals surface area contributed by atoms with E-state index in [1.807, 2.05) is 6.92 Å². The average Bonchev–Trinajstić information content (AvgIpc) is 3.11. The smallest absolute Gasteiger partial charge is 0.214 e. The van der Waals surface area contributed by atoms with Gasteiger partial charge in [-0.3, -0.25) is 0 Å². The van der Waals surface area contributed by atoms with Crippen LogP contribution in [0.25, 0.3) is 0 Å². The zero-order valence-electron chi connectivity index (χ0n) is 10.7. The Kier molecular flexibility index (Phi) is 4.44.